The zero-order chi connectivity index (χ0) is 17.1. The predicted octanol–water partition coefficient (Wildman–Crippen LogP) is 2.75. The van der Waals surface area contributed by atoms with Gasteiger partial charge in [-0.25, -0.2) is 4.79 Å². The smallest absolute Gasteiger partial charge is 0.431 e. The molecule has 3 rings (SSSR count). The number of anilines is 1. The molecule has 9 nitrogen and oxygen atoms in total. The van der Waals surface area contributed by atoms with Crippen LogP contribution in [0.3, 0.4) is 0 Å². The molecule has 2 unspecified atom stereocenters. The molecule has 0 spiro atoms. The van der Waals surface area contributed by atoms with E-state index in [9.17, 15) is 14.9 Å². The van der Waals surface area contributed by atoms with E-state index in [-0.39, 0.29) is 23.5 Å². The molecule has 0 aliphatic heterocycles. The fraction of sp³-hybridized carbons (Fsp3) is 0.333. The highest BCUT2D eigenvalue weighted by Gasteiger charge is 2.30. The van der Waals surface area contributed by atoms with Crippen LogP contribution in [0.5, 0.6) is 5.75 Å². The van der Waals surface area contributed by atoms with E-state index in [1.165, 1.54) is 24.3 Å². The van der Waals surface area contributed by atoms with Crippen molar-refractivity contribution in [3.63, 3.8) is 0 Å². The first kappa shape index (κ1) is 15.8. The number of nitrogens with two attached hydrogens (primary N) is 1. The normalized spacial score (nSPS) is 19.8. The molecule has 126 valence electrons. The van der Waals surface area contributed by atoms with Gasteiger partial charge in [0, 0.05) is 29.8 Å². The number of H-pyrrole nitrogens is 1. The molecule has 9 heteroatoms. The summed E-state index contributed by atoms with van der Waals surface area (Å²) < 4.78 is 10.3. The maximum absolute atomic E-state index is 11.8. The molecule has 1 aromatic carbocycles. The van der Waals surface area contributed by atoms with E-state index in [0.717, 1.165) is 18.5 Å². The molecule has 3 N–H and O–H groups in total. The first-order chi connectivity index (χ1) is 11.5. The summed E-state index contributed by atoms with van der Waals surface area (Å²) >= 11 is 0. The topological polar surface area (TPSA) is 133 Å². The standard InChI is InChI=1S/C15H16N4O5/c16-14-8-13(17-18-14)9-1-4-12(7-9)24-15(20)23-11-5-2-10(3-6-11)19(21)22/h2-3,5-6,8-9,12H,1,4,7H2,(H3,16,17,18). The van der Waals surface area contributed by atoms with Crippen LogP contribution in [-0.2, 0) is 4.74 Å². The van der Waals surface area contributed by atoms with E-state index in [4.69, 9.17) is 15.2 Å². The van der Waals surface area contributed by atoms with Crippen LogP contribution >= 0.6 is 0 Å². The largest absolute Gasteiger partial charge is 0.514 e. The first-order valence-electron chi connectivity index (χ1n) is 7.45. The molecule has 0 amide bonds. The molecule has 1 saturated carbocycles. The van der Waals surface area contributed by atoms with Crippen molar-refractivity contribution in [2.24, 2.45) is 0 Å². The Bertz CT molecular complexity index is 743. The summed E-state index contributed by atoms with van der Waals surface area (Å²) in [5.41, 5.74) is 6.44. The Kier molecular flexibility index (Phi) is 4.32. The average Bonchev–Trinajstić information content (AvgIpc) is 3.16. The minimum Gasteiger partial charge on any atom is -0.431 e. The third-order valence-electron chi connectivity index (χ3n) is 3.95. The number of carbonyl (C=O) groups is 1. The van der Waals surface area contributed by atoms with Crippen LogP contribution in [0.4, 0.5) is 16.3 Å². The molecule has 0 saturated heterocycles. The third-order valence-corrected chi connectivity index (χ3v) is 3.95. The maximum Gasteiger partial charge on any atom is 0.514 e. The van der Waals surface area contributed by atoms with Gasteiger partial charge < -0.3 is 15.2 Å². The Morgan fingerprint density at radius 1 is 1.33 bits per heavy atom. The van der Waals surface area contributed by atoms with Crippen LogP contribution < -0.4 is 10.5 Å². The Labute approximate surface area is 136 Å². The van der Waals surface area contributed by atoms with Crippen LogP contribution in [0.1, 0.15) is 30.9 Å². The lowest BCUT2D eigenvalue weighted by Crippen LogP contribution is -2.18. The van der Waals surface area contributed by atoms with Crippen molar-refractivity contribution in [1.82, 2.24) is 10.2 Å². The summed E-state index contributed by atoms with van der Waals surface area (Å²) in [6, 6.07) is 7.00. The van der Waals surface area contributed by atoms with E-state index in [1.54, 1.807) is 6.07 Å². The number of ether oxygens (including phenoxy) is 2. The highest BCUT2D eigenvalue weighted by molar-refractivity contribution is 5.64. The van der Waals surface area contributed by atoms with Gasteiger partial charge in [-0.1, -0.05) is 0 Å². The van der Waals surface area contributed by atoms with E-state index >= 15 is 0 Å². The van der Waals surface area contributed by atoms with Gasteiger partial charge in [-0.2, -0.15) is 5.10 Å². The van der Waals surface area contributed by atoms with Gasteiger partial charge >= 0.3 is 6.16 Å². The Balaban J connectivity index is 1.51. The summed E-state index contributed by atoms with van der Waals surface area (Å²) in [5.74, 6) is 0.848. The van der Waals surface area contributed by atoms with Gasteiger partial charge in [0.05, 0.1) is 4.92 Å². The Hall–Kier alpha value is -3.10. The van der Waals surface area contributed by atoms with E-state index in [2.05, 4.69) is 10.2 Å². The van der Waals surface area contributed by atoms with E-state index < -0.39 is 11.1 Å². The van der Waals surface area contributed by atoms with Crippen LogP contribution in [0.2, 0.25) is 0 Å². The van der Waals surface area contributed by atoms with Gasteiger partial charge in [0.15, 0.2) is 0 Å². The number of aromatic amines is 1. The van der Waals surface area contributed by atoms with Crippen molar-refractivity contribution in [1.29, 1.82) is 0 Å². The van der Waals surface area contributed by atoms with Crippen molar-refractivity contribution in [2.45, 2.75) is 31.3 Å². The van der Waals surface area contributed by atoms with Crippen molar-refractivity contribution < 1.29 is 19.2 Å². The number of hydrogen-bond donors (Lipinski definition) is 2. The highest BCUT2D eigenvalue weighted by atomic mass is 16.7. The number of rotatable bonds is 4. The molecular formula is C15H16N4O5. The number of nitro groups is 1. The minimum absolute atomic E-state index is 0.0758. The average molecular weight is 332 g/mol. The fourth-order valence-corrected chi connectivity index (χ4v) is 2.78. The lowest BCUT2D eigenvalue weighted by Gasteiger charge is -2.12. The fourth-order valence-electron chi connectivity index (χ4n) is 2.78. The van der Waals surface area contributed by atoms with Crippen LogP contribution in [0.15, 0.2) is 30.3 Å². The van der Waals surface area contributed by atoms with E-state index in [0.29, 0.717) is 12.2 Å². The van der Waals surface area contributed by atoms with Crippen molar-refractivity contribution >= 4 is 17.7 Å². The summed E-state index contributed by atoms with van der Waals surface area (Å²) in [6.45, 7) is 0. The molecule has 1 heterocycles. The van der Waals surface area contributed by atoms with Crippen LogP contribution in [0.25, 0.3) is 0 Å². The van der Waals surface area contributed by atoms with Gasteiger partial charge in [0.1, 0.15) is 17.7 Å². The minimum atomic E-state index is -0.821. The lowest BCUT2D eigenvalue weighted by molar-refractivity contribution is -0.384. The van der Waals surface area contributed by atoms with Gasteiger partial charge in [0.2, 0.25) is 0 Å². The van der Waals surface area contributed by atoms with Crippen LogP contribution in [-0.4, -0.2) is 27.4 Å². The molecule has 24 heavy (non-hydrogen) atoms. The number of nitrogens with zero attached hydrogens (tertiary/aromatic N) is 2. The predicted molar refractivity (Wildman–Crippen MR) is 83.6 cm³/mol. The number of nitrogens with one attached hydrogen (secondary N) is 1. The quantitative estimate of drug-likeness (QED) is 0.380. The molecule has 1 aromatic heterocycles. The molecule has 1 aliphatic carbocycles. The van der Waals surface area contributed by atoms with Crippen LogP contribution in [0, 0.1) is 10.1 Å². The Morgan fingerprint density at radius 2 is 2.08 bits per heavy atom. The lowest BCUT2D eigenvalue weighted by atomic mass is 10.0. The van der Waals surface area contributed by atoms with E-state index in [1.807, 2.05) is 0 Å². The zero-order valence-electron chi connectivity index (χ0n) is 12.7. The summed E-state index contributed by atoms with van der Waals surface area (Å²) in [4.78, 5) is 21.9. The number of nitro benzene ring substituents is 1. The van der Waals surface area contributed by atoms with Gasteiger partial charge in [-0.3, -0.25) is 15.2 Å². The maximum atomic E-state index is 11.8. The van der Waals surface area contributed by atoms with Gasteiger partial charge in [-0.15, -0.1) is 0 Å². The number of nitrogen functional groups attached to an aromatic ring is 1. The second-order valence-electron chi connectivity index (χ2n) is 5.60. The molecule has 1 fully saturated rings. The monoisotopic (exact) mass is 332 g/mol. The number of benzene rings is 1. The molecule has 1 aliphatic rings. The second kappa shape index (κ2) is 6.57. The summed E-state index contributed by atoms with van der Waals surface area (Å²) in [5, 5.41) is 17.3. The summed E-state index contributed by atoms with van der Waals surface area (Å²) in [6.07, 6.45) is 1.18. The molecular weight excluding hydrogens is 316 g/mol. The number of non-ortho nitro benzene ring substituents is 1. The van der Waals surface area contributed by atoms with Gasteiger partial charge in [0.25, 0.3) is 5.69 Å². The number of hydrogen-bond acceptors (Lipinski definition) is 7. The molecule has 2 aromatic rings. The molecule has 0 bridgehead atoms. The summed E-state index contributed by atoms with van der Waals surface area (Å²) in [7, 11) is 0. The first-order valence-corrected chi connectivity index (χ1v) is 7.45. The van der Waals surface area contributed by atoms with Crippen molar-refractivity contribution in [3.8, 4) is 5.75 Å². The second-order valence-corrected chi connectivity index (χ2v) is 5.60. The zero-order valence-corrected chi connectivity index (χ0v) is 12.7. The molecule has 0 radical (unpaired) electrons. The molecule has 2 atom stereocenters. The number of aromatic nitrogens is 2. The Morgan fingerprint density at radius 3 is 2.71 bits per heavy atom. The van der Waals surface area contributed by atoms with Crippen molar-refractivity contribution in [3.05, 3.63) is 46.1 Å². The SMILES string of the molecule is Nc1cc(C2CCC(OC(=O)Oc3ccc([N+](=O)[O-])cc3)C2)[nH]n1. The third kappa shape index (κ3) is 3.62. The highest BCUT2D eigenvalue weighted by Crippen LogP contribution is 2.35. The van der Waals surface area contributed by atoms with Gasteiger partial charge in [-0.05, 0) is 31.4 Å². The number of carbonyl (C=O) groups excluding carboxylic acids is 1. The van der Waals surface area contributed by atoms with Crippen molar-refractivity contribution in [2.75, 3.05) is 5.73 Å².